The van der Waals surface area contributed by atoms with Crippen LogP contribution < -0.4 is 5.30 Å². The zero-order valence-electron chi connectivity index (χ0n) is 21.9. The van der Waals surface area contributed by atoms with Gasteiger partial charge in [-0.2, -0.15) is 0 Å². The van der Waals surface area contributed by atoms with Crippen molar-refractivity contribution in [3.8, 4) is 0 Å². The summed E-state index contributed by atoms with van der Waals surface area (Å²) in [5.74, 6) is 0. The highest BCUT2D eigenvalue weighted by Gasteiger charge is 2.36. The monoisotopic (exact) mass is 531 g/mol. The Bertz CT molecular complexity index is 1620. The van der Waals surface area contributed by atoms with E-state index in [4.69, 9.17) is 4.52 Å². The van der Waals surface area contributed by atoms with Gasteiger partial charge < -0.3 is 4.52 Å². The van der Waals surface area contributed by atoms with Crippen molar-refractivity contribution in [3.63, 3.8) is 0 Å². The second-order valence-corrected chi connectivity index (χ2v) is 12.4. The van der Waals surface area contributed by atoms with Crippen molar-refractivity contribution in [3.05, 3.63) is 172 Å². The van der Waals surface area contributed by atoms with Crippen LogP contribution in [0.15, 0.2) is 140 Å². The van der Waals surface area contributed by atoms with E-state index in [0.29, 0.717) is 6.61 Å². The van der Waals surface area contributed by atoms with Crippen LogP contribution in [0.2, 0.25) is 0 Å². The van der Waals surface area contributed by atoms with E-state index in [1.165, 1.54) is 11.1 Å². The summed E-state index contributed by atoms with van der Waals surface area (Å²) in [6.45, 7) is 6.24. The van der Waals surface area contributed by atoms with Gasteiger partial charge in [0.25, 0.3) is 5.69 Å². The first kappa shape index (κ1) is 26.4. The number of hydrogen-bond donors (Lipinski definition) is 0. The Morgan fingerprint density at radius 3 is 2.05 bits per heavy atom. The van der Waals surface area contributed by atoms with E-state index in [1.54, 1.807) is 18.2 Å². The molecule has 0 saturated carbocycles. The first-order valence-corrected chi connectivity index (χ1v) is 14.6. The number of benzene rings is 4. The van der Waals surface area contributed by atoms with E-state index < -0.39 is 7.11 Å². The van der Waals surface area contributed by atoms with Crippen molar-refractivity contribution >= 4 is 28.7 Å². The molecule has 1 heterocycles. The molecule has 0 N–H and O–H groups in total. The van der Waals surface area contributed by atoms with Crippen molar-refractivity contribution in [2.75, 3.05) is 6.61 Å². The lowest BCUT2D eigenvalue weighted by Crippen LogP contribution is -2.22. The quantitative estimate of drug-likeness (QED) is 0.0949. The fraction of sp³-hybridized carbons (Fsp3) is 0.0882. The summed E-state index contributed by atoms with van der Waals surface area (Å²) >= 11 is 0. The molecule has 4 nitrogen and oxygen atoms in total. The van der Waals surface area contributed by atoms with Crippen molar-refractivity contribution in [2.45, 2.75) is 13.3 Å². The van der Waals surface area contributed by atoms with E-state index in [9.17, 15) is 10.1 Å². The predicted octanol–water partition coefficient (Wildman–Crippen LogP) is 8.11. The molecule has 1 atom stereocenters. The average Bonchev–Trinajstić information content (AvgIpc) is 2.97. The van der Waals surface area contributed by atoms with E-state index in [2.05, 4.69) is 67.3 Å². The van der Waals surface area contributed by atoms with Crippen LogP contribution in [0.5, 0.6) is 0 Å². The second-order valence-electron chi connectivity index (χ2n) is 9.45. The molecular formula is C34H30NO3P. The van der Waals surface area contributed by atoms with Crippen LogP contribution in [0.3, 0.4) is 0 Å². The Kier molecular flexibility index (Phi) is 7.88. The smallest absolute Gasteiger partial charge is 0.269 e. The van der Waals surface area contributed by atoms with E-state index in [1.807, 2.05) is 55.5 Å². The molecule has 0 bridgehead atoms. The molecule has 0 saturated heterocycles. The highest BCUT2D eigenvalue weighted by atomic mass is 31.2. The standard InChI is InChI=1S/C34H30NO3P/c1-3-21-38-39(32-20-19-31(35(36)37)22-26(32)2)33(29-15-9-5-10-16-29)24-28(23-27-13-7-4-8-14-27)25-34(39)30-17-11-6-12-18-30/h3-20,22,24-25H,1,21,23H2,2H3. The molecule has 1 aliphatic rings. The number of allylic oxidation sites excluding steroid dienone is 3. The molecule has 194 valence electrons. The Morgan fingerprint density at radius 2 is 1.46 bits per heavy atom. The van der Waals surface area contributed by atoms with Crippen molar-refractivity contribution in [1.29, 1.82) is 0 Å². The Morgan fingerprint density at radius 1 is 0.846 bits per heavy atom. The molecule has 5 heteroatoms. The van der Waals surface area contributed by atoms with Gasteiger partial charge in [0.15, 0.2) is 0 Å². The Labute approximate surface area is 229 Å². The molecule has 0 aliphatic carbocycles. The molecule has 1 aliphatic heterocycles. The lowest BCUT2D eigenvalue weighted by atomic mass is 10.0. The molecule has 0 fully saturated rings. The summed E-state index contributed by atoms with van der Waals surface area (Å²) in [5, 5.41) is 14.8. The molecule has 0 radical (unpaired) electrons. The molecule has 0 amide bonds. The molecule has 0 spiro atoms. The number of hydrogen-bond acceptors (Lipinski definition) is 3. The third-order valence-electron chi connectivity index (χ3n) is 6.83. The van der Waals surface area contributed by atoms with Gasteiger partial charge in [-0.1, -0.05) is 97.1 Å². The zero-order valence-corrected chi connectivity index (χ0v) is 22.8. The molecule has 0 aromatic heterocycles. The summed E-state index contributed by atoms with van der Waals surface area (Å²) in [7, 11) is -2.75. The van der Waals surface area contributed by atoms with Gasteiger partial charge in [-0.05, 0) is 59.4 Å². The number of nitro benzene ring substituents is 1. The third kappa shape index (κ3) is 5.35. The van der Waals surface area contributed by atoms with Gasteiger partial charge in [-0.25, -0.2) is 0 Å². The van der Waals surface area contributed by atoms with E-state index in [-0.39, 0.29) is 10.6 Å². The minimum atomic E-state index is -2.75. The molecule has 4 aromatic carbocycles. The summed E-state index contributed by atoms with van der Waals surface area (Å²) in [6, 6.07) is 36.2. The SMILES string of the molecule is C=CCOP1(c2ccc([N+](=O)[O-])cc2C)=C(c2ccccc2)C=C(Cc2ccccc2)C=C1c1ccccc1. The maximum Gasteiger partial charge on any atom is 0.269 e. The summed E-state index contributed by atoms with van der Waals surface area (Å²) < 4.78 is 6.99. The van der Waals surface area contributed by atoms with Crippen LogP contribution in [0.4, 0.5) is 5.69 Å². The third-order valence-corrected chi connectivity index (χ3v) is 10.7. The van der Waals surface area contributed by atoms with Crippen LogP contribution in [0.1, 0.15) is 22.3 Å². The van der Waals surface area contributed by atoms with Gasteiger partial charge in [0.05, 0.1) is 18.6 Å². The minimum Gasteiger partial charge on any atom is -0.348 e. The second kappa shape index (κ2) is 11.7. The van der Waals surface area contributed by atoms with Gasteiger partial charge in [0, 0.05) is 28.0 Å². The maximum absolute atomic E-state index is 11.6. The summed E-state index contributed by atoms with van der Waals surface area (Å²) in [4.78, 5) is 11.3. The topological polar surface area (TPSA) is 52.4 Å². The Hall–Kier alpha value is -4.24. The van der Waals surface area contributed by atoms with Gasteiger partial charge in [-0.15, -0.1) is 6.58 Å². The fourth-order valence-corrected chi connectivity index (χ4v) is 9.22. The van der Waals surface area contributed by atoms with Gasteiger partial charge >= 0.3 is 0 Å². The molecule has 39 heavy (non-hydrogen) atoms. The van der Waals surface area contributed by atoms with Crippen molar-refractivity contribution in [1.82, 2.24) is 0 Å². The van der Waals surface area contributed by atoms with E-state index >= 15 is 0 Å². The summed E-state index contributed by atoms with van der Waals surface area (Å²) in [5.41, 5.74) is 5.44. The molecule has 4 aromatic rings. The van der Waals surface area contributed by atoms with Crippen molar-refractivity contribution in [2.24, 2.45) is 0 Å². The lowest BCUT2D eigenvalue weighted by molar-refractivity contribution is -0.384. The lowest BCUT2D eigenvalue weighted by Gasteiger charge is -2.36. The summed E-state index contributed by atoms with van der Waals surface area (Å²) in [6.07, 6.45) is 7.09. The number of non-ortho nitro benzene ring substituents is 1. The van der Waals surface area contributed by atoms with Crippen LogP contribution in [0.25, 0.3) is 5.31 Å². The molecular weight excluding hydrogens is 501 g/mol. The Balaban J connectivity index is 1.90. The zero-order chi connectivity index (χ0) is 27.2. The minimum absolute atomic E-state index is 0.0712. The number of nitrogens with zero attached hydrogens (tertiary/aromatic N) is 1. The fourth-order valence-electron chi connectivity index (χ4n) is 5.13. The first-order valence-electron chi connectivity index (χ1n) is 12.9. The van der Waals surface area contributed by atoms with Gasteiger partial charge in [0.2, 0.25) is 0 Å². The van der Waals surface area contributed by atoms with Crippen LogP contribution in [0, 0.1) is 17.0 Å². The first-order chi connectivity index (χ1) is 19.0. The highest BCUT2D eigenvalue weighted by molar-refractivity contribution is 7.88. The number of nitro groups is 1. The van der Waals surface area contributed by atoms with Crippen LogP contribution in [-0.4, -0.2) is 16.8 Å². The van der Waals surface area contributed by atoms with Crippen LogP contribution >= 0.6 is 7.11 Å². The molecule has 1 unspecified atom stereocenters. The predicted molar refractivity (Wildman–Crippen MR) is 164 cm³/mol. The number of rotatable bonds is 9. The largest absolute Gasteiger partial charge is 0.348 e. The van der Waals surface area contributed by atoms with Gasteiger partial charge in [0.1, 0.15) is 0 Å². The normalized spacial score (nSPS) is 16.8. The van der Waals surface area contributed by atoms with Crippen LogP contribution in [-0.2, 0) is 10.9 Å². The van der Waals surface area contributed by atoms with Gasteiger partial charge in [-0.3, -0.25) is 10.1 Å². The van der Waals surface area contributed by atoms with E-state index in [0.717, 1.165) is 39.0 Å². The molecule has 5 rings (SSSR count). The number of aryl methyl sites for hydroxylation is 1. The highest BCUT2D eigenvalue weighted by Crippen LogP contribution is 2.64. The maximum atomic E-state index is 11.6. The average molecular weight is 532 g/mol. The van der Waals surface area contributed by atoms with Crippen molar-refractivity contribution < 1.29 is 9.45 Å².